The Morgan fingerprint density at radius 3 is 2.72 bits per heavy atom. The van der Waals surface area contributed by atoms with Crippen molar-refractivity contribution in [2.24, 2.45) is 0 Å². The lowest BCUT2D eigenvalue weighted by molar-refractivity contribution is 0.559. The minimum absolute atomic E-state index is 0.0486. The number of aromatic nitrogens is 4. The molecule has 0 aliphatic rings. The molecule has 3 heterocycles. The van der Waals surface area contributed by atoms with E-state index in [4.69, 9.17) is 4.42 Å². The van der Waals surface area contributed by atoms with Crippen molar-refractivity contribution in [2.75, 3.05) is 0 Å². The van der Waals surface area contributed by atoms with Gasteiger partial charge in [-0.2, -0.15) is 0 Å². The fourth-order valence-electron chi connectivity index (χ4n) is 3.94. The first-order chi connectivity index (χ1) is 15.6. The second-order valence-electron chi connectivity index (χ2n) is 7.82. The number of hydrogen-bond acceptors (Lipinski definition) is 6. The molecule has 0 fully saturated rings. The molecule has 0 bridgehead atoms. The van der Waals surface area contributed by atoms with Gasteiger partial charge in [-0.15, -0.1) is 10.2 Å². The van der Waals surface area contributed by atoms with Gasteiger partial charge in [0.25, 0.3) is 5.56 Å². The van der Waals surface area contributed by atoms with Gasteiger partial charge >= 0.3 is 5.63 Å². The predicted octanol–water partition coefficient (Wildman–Crippen LogP) is 4.55. The van der Waals surface area contributed by atoms with Crippen LogP contribution in [0.15, 0.2) is 67.7 Å². The molecule has 162 valence electrons. The molecule has 0 amide bonds. The van der Waals surface area contributed by atoms with Crippen molar-refractivity contribution in [3.05, 3.63) is 80.4 Å². The Bertz CT molecular complexity index is 1580. The molecule has 32 heavy (non-hydrogen) atoms. The molecule has 0 unspecified atom stereocenters. The maximum atomic E-state index is 13.1. The number of para-hydroxylation sites is 1. The van der Waals surface area contributed by atoms with Crippen LogP contribution in [0.25, 0.3) is 27.6 Å². The van der Waals surface area contributed by atoms with E-state index in [1.54, 1.807) is 4.57 Å². The first kappa shape index (κ1) is 20.5. The van der Waals surface area contributed by atoms with E-state index in [-0.39, 0.29) is 11.2 Å². The highest BCUT2D eigenvalue weighted by Crippen LogP contribution is 2.28. The van der Waals surface area contributed by atoms with E-state index in [0.717, 1.165) is 34.9 Å². The number of thioether (sulfide) groups is 1. The summed E-state index contributed by atoms with van der Waals surface area (Å²) in [6.07, 6.45) is 1.86. The SMILES string of the molecule is CCCCn1c(=O)c2ccccc2n2c(SCc3cc(=O)oc4cc(C)ccc34)nnc12. The van der Waals surface area contributed by atoms with Crippen molar-refractivity contribution in [1.82, 2.24) is 19.2 Å². The van der Waals surface area contributed by atoms with E-state index in [2.05, 4.69) is 17.1 Å². The van der Waals surface area contributed by atoms with Gasteiger partial charge in [0.2, 0.25) is 5.78 Å². The molecule has 7 nitrogen and oxygen atoms in total. The maximum Gasteiger partial charge on any atom is 0.336 e. The van der Waals surface area contributed by atoms with Gasteiger partial charge in [-0.05, 0) is 42.7 Å². The fraction of sp³-hybridized carbons (Fsp3) is 0.250. The Kier molecular flexibility index (Phi) is 5.30. The summed E-state index contributed by atoms with van der Waals surface area (Å²) < 4.78 is 9.02. The molecule has 0 spiro atoms. The van der Waals surface area contributed by atoms with E-state index >= 15 is 0 Å². The van der Waals surface area contributed by atoms with Crippen LogP contribution < -0.4 is 11.2 Å². The number of unbranched alkanes of at least 4 members (excludes halogenated alkanes) is 1. The molecule has 2 aromatic carbocycles. The van der Waals surface area contributed by atoms with Crippen molar-refractivity contribution in [3.63, 3.8) is 0 Å². The summed E-state index contributed by atoms with van der Waals surface area (Å²) in [6.45, 7) is 4.65. The quantitative estimate of drug-likeness (QED) is 0.281. The zero-order valence-electron chi connectivity index (χ0n) is 17.9. The largest absolute Gasteiger partial charge is 0.423 e. The Morgan fingerprint density at radius 1 is 1.03 bits per heavy atom. The first-order valence-corrected chi connectivity index (χ1v) is 11.6. The van der Waals surface area contributed by atoms with Gasteiger partial charge in [0.05, 0.1) is 10.9 Å². The molecule has 8 heteroatoms. The summed E-state index contributed by atoms with van der Waals surface area (Å²) in [4.78, 5) is 25.2. The minimum Gasteiger partial charge on any atom is -0.423 e. The van der Waals surface area contributed by atoms with Crippen molar-refractivity contribution in [1.29, 1.82) is 0 Å². The van der Waals surface area contributed by atoms with Crippen molar-refractivity contribution < 1.29 is 4.42 Å². The lowest BCUT2D eigenvalue weighted by atomic mass is 10.1. The third-order valence-corrected chi connectivity index (χ3v) is 6.53. The fourth-order valence-corrected chi connectivity index (χ4v) is 4.87. The van der Waals surface area contributed by atoms with Crippen LogP contribution in [0.2, 0.25) is 0 Å². The Balaban J connectivity index is 1.62. The normalized spacial score (nSPS) is 11.7. The molecule has 0 radical (unpaired) electrons. The van der Waals surface area contributed by atoms with Gasteiger partial charge in [0.1, 0.15) is 5.58 Å². The molecule has 3 aromatic heterocycles. The summed E-state index contributed by atoms with van der Waals surface area (Å²) in [5, 5.41) is 11.0. The lowest BCUT2D eigenvalue weighted by Crippen LogP contribution is -2.23. The smallest absolute Gasteiger partial charge is 0.336 e. The van der Waals surface area contributed by atoms with Crippen molar-refractivity contribution in [2.45, 2.75) is 44.1 Å². The van der Waals surface area contributed by atoms with Gasteiger partial charge in [-0.25, -0.2) is 4.79 Å². The lowest BCUT2D eigenvalue weighted by Gasteiger charge is -2.11. The molecule has 5 aromatic rings. The molecule has 0 N–H and O–H groups in total. The molecule has 0 atom stereocenters. The van der Waals surface area contributed by atoms with Crippen LogP contribution in [-0.4, -0.2) is 19.2 Å². The third kappa shape index (κ3) is 3.50. The van der Waals surface area contributed by atoms with Crippen LogP contribution in [0.3, 0.4) is 0 Å². The average molecular weight is 447 g/mol. The van der Waals surface area contributed by atoms with E-state index in [9.17, 15) is 9.59 Å². The molecule has 0 saturated carbocycles. The zero-order valence-corrected chi connectivity index (χ0v) is 18.7. The van der Waals surface area contributed by atoms with E-state index in [1.807, 2.05) is 53.8 Å². The van der Waals surface area contributed by atoms with Crippen LogP contribution in [-0.2, 0) is 12.3 Å². The molecule has 0 aliphatic carbocycles. The number of rotatable bonds is 6. The first-order valence-electron chi connectivity index (χ1n) is 10.6. The van der Waals surface area contributed by atoms with Gasteiger partial charge in [-0.1, -0.05) is 49.4 Å². The molecule has 0 aliphatic heterocycles. The number of benzene rings is 2. The third-order valence-electron chi connectivity index (χ3n) is 5.56. The Morgan fingerprint density at radius 2 is 1.88 bits per heavy atom. The van der Waals surface area contributed by atoms with Gasteiger partial charge < -0.3 is 4.42 Å². The zero-order chi connectivity index (χ0) is 22.2. The van der Waals surface area contributed by atoms with Crippen molar-refractivity contribution in [3.8, 4) is 0 Å². The van der Waals surface area contributed by atoms with Gasteiger partial charge in [0, 0.05) is 23.8 Å². The molecule has 0 saturated heterocycles. The second-order valence-corrected chi connectivity index (χ2v) is 8.77. The van der Waals surface area contributed by atoms with Gasteiger partial charge in [0.15, 0.2) is 5.16 Å². The summed E-state index contributed by atoms with van der Waals surface area (Å²) in [6, 6.07) is 14.9. The van der Waals surface area contributed by atoms with E-state index in [1.165, 1.54) is 17.8 Å². The Labute approximate surface area is 187 Å². The summed E-state index contributed by atoms with van der Waals surface area (Å²) in [5.74, 6) is 1.06. The Hall–Kier alpha value is -3.39. The predicted molar refractivity (Wildman–Crippen MR) is 126 cm³/mol. The highest BCUT2D eigenvalue weighted by molar-refractivity contribution is 7.98. The average Bonchev–Trinajstić information content (AvgIpc) is 3.21. The monoisotopic (exact) mass is 446 g/mol. The standard InChI is InChI=1S/C24H22N4O3S/c1-3-4-11-27-22(30)18-7-5-6-8-19(18)28-23(27)25-26-24(28)32-14-16-13-21(29)31-20-12-15(2)9-10-17(16)20/h5-10,12-13H,3-4,11,14H2,1-2H3. The molecule has 5 rings (SSSR count). The highest BCUT2D eigenvalue weighted by Gasteiger charge is 2.17. The van der Waals surface area contributed by atoms with Gasteiger partial charge in [-0.3, -0.25) is 13.8 Å². The number of nitrogens with zero attached hydrogens (tertiary/aromatic N) is 4. The summed E-state index contributed by atoms with van der Waals surface area (Å²) in [7, 11) is 0. The van der Waals surface area contributed by atoms with Crippen LogP contribution >= 0.6 is 11.8 Å². The van der Waals surface area contributed by atoms with Crippen LogP contribution in [0.1, 0.15) is 30.9 Å². The topological polar surface area (TPSA) is 82.4 Å². The summed E-state index contributed by atoms with van der Waals surface area (Å²) >= 11 is 1.48. The van der Waals surface area contributed by atoms with Crippen molar-refractivity contribution >= 4 is 39.4 Å². The van der Waals surface area contributed by atoms with E-state index < -0.39 is 0 Å². The highest BCUT2D eigenvalue weighted by atomic mass is 32.2. The number of hydrogen-bond donors (Lipinski definition) is 0. The van der Waals surface area contributed by atoms with Crippen LogP contribution in [0.5, 0.6) is 0 Å². The van der Waals surface area contributed by atoms with E-state index in [0.29, 0.717) is 34.2 Å². The minimum atomic E-state index is -0.372. The molecular weight excluding hydrogens is 424 g/mol. The maximum absolute atomic E-state index is 13.1. The van der Waals surface area contributed by atoms with Crippen LogP contribution in [0, 0.1) is 6.92 Å². The molecular formula is C24H22N4O3S. The number of aryl methyl sites for hydroxylation is 2. The summed E-state index contributed by atoms with van der Waals surface area (Å²) in [5.41, 5.74) is 2.85. The number of fused-ring (bicyclic) bond motifs is 4. The second kappa shape index (κ2) is 8.27. The van der Waals surface area contributed by atoms with Crippen LogP contribution in [0.4, 0.5) is 0 Å².